The Hall–Kier alpha value is -1.83. The summed E-state index contributed by atoms with van der Waals surface area (Å²) in [6, 6.07) is 13.0. The van der Waals surface area contributed by atoms with Crippen molar-refractivity contribution in [2.24, 2.45) is 0 Å². The van der Waals surface area contributed by atoms with Gasteiger partial charge in [0.15, 0.2) is 0 Å². The van der Waals surface area contributed by atoms with Crippen LogP contribution in [0.5, 0.6) is 0 Å². The summed E-state index contributed by atoms with van der Waals surface area (Å²) in [5.41, 5.74) is 2.84. The van der Waals surface area contributed by atoms with Gasteiger partial charge >= 0.3 is 0 Å². The van der Waals surface area contributed by atoms with Gasteiger partial charge in [-0.05, 0) is 42.2 Å². The van der Waals surface area contributed by atoms with E-state index in [9.17, 15) is 13.2 Å². The molecule has 0 bridgehead atoms. The van der Waals surface area contributed by atoms with Crippen LogP contribution in [0.1, 0.15) is 24.5 Å². The van der Waals surface area contributed by atoms with Crippen LogP contribution in [-0.4, -0.2) is 30.4 Å². The fraction of sp³-hybridized carbons (Fsp3) is 0.316. The molecule has 7 heteroatoms. The Morgan fingerprint density at radius 1 is 1.19 bits per heavy atom. The molecule has 2 heterocycles. The van der Waals surface area contributed by atoms with Gasteiger partial charge in [-0.2, -0.15) is 4.31 Å². The summed E-state index contributed by atoms with van der Waals surface area (Å²) in [6.07, 6.45) is 1.45. The number of sulfonamides is 1. The van der Waals surface area contributed by atoms with Crippen LogP contribution in [0.25, 0.3) is 0 Å². The minimum Gasteiger partial charge on any atom is -0.324 e. The average Bonchev–Trinajstić information content (AvgIpc) is 2.66. The summed E-state index contributed by atoms with van der Waals surface area (Å²) in [4.78, 5) is 13.2. The quantitative estimate of drug-likeness (QED) is 0.876. The van der Waals surface area contributed by atoms with E-state index in [0.717, 1.165) is 16.9 Å². The second-order valence-corrected chi connectivity index (χ2v) is 9.70. The molecule has 0 fully saturated rings. The Morgan fingerprint density at radius 3 is 2.73 bits per heavy atom. The van der Waals surface area contributed by atoms with Gasteiger partial charge < -0.3 is 5.32 Å². The molecule has 4 rings (SSSR count). The summed E-state index contributed by atoms with van der Waals surface area (Å²) < 4.78 is 27.7. The third-order valence-electron chi connectivity index (χ3n) is 4.87. The molecule has 1 unspecified atom stereocenters. The van der Waals surface area contributed by atoms with E-state index >= 15 is 0 Å². The van der Waals surface area contributed by atoms with Crippen molar-refractivity contribution in [1.29, 1.82) is 0 Å². The van der Waals surface area contributed by atoms with E-state index in [1.807, 2.05) is 25.1 Å². The predicted octanol–water partition coefficient (Wildman–Crippen LogP) is 3.26. The summed E-state index contributed by atoms with van der Waals surface area (Å²) in [7, 11) is -3.60. The maximum Gasteiger partial charge on any atom is 0.243 e. The molecule has 1 N–H and O–H groups in total. The first-order chi connectivity index (χ1) is 12.5. The molecule has 1 atom stereocenters. The highest BCUT2D eigenvalue weighted by atomic mass is 32.2. The number of benzene rings is 2. The van der Waals surface area contributed by atoms with Gasteiger partial charge in [0.2, 0.25) is 15.9 Å². The summed E-state index contributed by atoms with van der Waals surface area (Å²) >= 11 is 1.49. The van der Waals surface area contributed by atoms with Crippen LogP contribution in [0.4, 0.5) is 5.69 Å². The molecule has 1 amide bonds. The van der Waals surface area contributed by atoms with Gasteiger partial charge in [-0.15, -0.1) is 11.8 Å². The Morgan fingerprint density at radius 2 is 1.96 bits per heavy atom. The van der Waals surface area contributed by atoms with Crippen molar-refractivity contribution in [3.63, 3.8) is 0 Å². The van der Waals surface area contributed by atoms with E-state index in [2.05, 4.69) is 11.4 Å². The largest absolute Gasteiger partial charge is 0.324 e. The number of amides is 1. The molecule has 0 aromatic heterocycles. The highest BCUT2D eigenvalue weighted by Gasteiger charge is 2.31. The predicted molar refractivity (Wildman–Crippen MR) is 103 cm³/mol. The monoisotopic (exact) mass is 388 g/mol. The standard InChI is InChI=1S/C19H20N2O3S2/c1-2-17-19(22)20-16-11-15(7-8-18(16)25-17)26(23,24)21-10-9-13-5-3-4-6-14(13)12-21/h3-8,11,17H,2,9-10,12H2,1H3,(H,20,22). The van der Waals surface area contributed by atoms with E-state index in [1.165, 1.54) is 21.6 Å². The normalized spacial score (nSPS) is 20.2. The number of hydrogen-bond acceptors (Lipinski definition) is 4. The number of carbonyl (C=O) groups is 1. The van der Waals surface area contributed by atoms with Gasteiger partial charge in [-0.1, -0.05) is 31.2 Å². The second-order valence-electron chi connectivity index (χ2n) is 6.52. The van der Waals surface area contributed by atoms with Gasteiger partial charge in [0.05, 0.1) is 15.8 Å². The number of hydrogen-bond donors (Lipinski definition) is 1. The minimum atomic E-state index is -3.60. The number of carbonyl (C=O) groups excluding carboxylic acids is 1. The van der Waals surface area contributed by atoms with E-state index in [-0.39, 0.29) is 16.1 Å². The summed E-state index contributed by atoms with van der Waals surface area (Å²) in [6.45, 7) is 2.82. The third kappa shape index (κ3) is 3.04. The van der Waals surface area contributed by atoms with E-state index < -0.39 is 10.0 Å². The minimum absolute atomic E-state index is 0.0635. The number of rotatable bonds is 3. The first-order valence-electron chi connectivity index (χ1n) is 8.67. The number of anilines is 1. The fourth-order valence-electron chi connectivity index (χ4n) is 3.38. The lowest BCUT2D eigenvalue weighted by molar-refractivity contribution is -0.115. The lowest BCUT2D eigenvalue weighted by atomic mass is 10.0. The van der Waals surface area contributed by atoms with Crippen molar-refractivity contribution in [3.8, 4) is 0 Å². The SMILES string of the molecule is CCC1Sc2ccc(S(=O)(=O)N3CCc4ccccc4C3)cc2NC1=O. The van der Waals surface area contributed by atoms with Crippen molar-refractivity contribution in [3.05, 3.63) is 53.6 Å². The van der Waals surface area contributed by atoms with Gasteiger partial charge in [-0.3, -0.25) is 4.79 Å². The first-order valence-corrected chi connectivity index (χ1v) is 11.0. The highest BCUT2D eigenvalue weighted by Crippen LogP contribution is 2.38. The average molecular weight is 389 g/mol. The molecule has 2 aliphatic heterocycles. The topological polar surface area (TPSA) is 66.5 Å². The van der Waals surface area contributed by atoms with Crippen molar-refractivity contribution in [2.45, 2.75) is 41.4 Å². The molecule has 2 aliphatic rings. The van der Waals surface area contributed by atoms with Crippen LogP contribution in [0.3, 0.4) is 0 Å². The molecule has 5 nitrogen and oxygen atoms in total. The fourth-order valence-corrected chi connectivity index (χ4v) is 5.85. The van der Waals surface area contributed by atoms with E-state index in [0.29, 0.717) is 25.2 Å². The molecule has 2 aromatic carbocycles. The molecule has 0 radical (unpaired) electrons. The zero-order chi connectivity index (χ0) is 18.3. The van der Waals surface area contributed by atoms with Crippen molar-refractivity contribution in [2.75, 3.05) is 11.9 Å². The lowest BCUT2D eigenvalue weighted by Gasteiger charge is -2.29. The van der Waals surface area contributed by atoms with Crippen LogP contribution in [0, 0.1) is 0 Å². The zero-order valence-corrected chi connectivity index (χ0v) is 16.1. The lowest BCUT2D eigenvalue weighted by Crippen LogP contribution is -2.36. The van der Waals surface area contributed by atoms with Gasteiger partial charge in [-0.25, -0.2) is 8.42 Å². The van der Waals surface area contributed by atoms with E-state index in [4.69, 9.17) is 0 Å². The smallest absolute Gasteiger partial charge is 0.243 e. The molecule has 0 spiro atoms. The Bertz CT molecular complexity index is 972. The molecule has 0 aliphatic carbocycles. The molecule has 26 heavy (non-hydrogen) atoms. The maximum atomic E-state index is 13.1. The molecule has 0 saturated carbocycles. The Kier molecular flexibility index (Phi) is 4.54. The number of nitrogens with zero attached hydrogens (tertiary/aromatic N) is 1. The van der Waals surface area contributed by atoms with Crippen LogP contribution in [0.15, 0.2) is 52.3 Å². The zero-order valence-electron chi connectivity index (χ0n) is 14.4. The summed E-state index contributed by atoms with van der Waals surface area (Å²) in [5.74, 6) is -0.0635. The second kappa shape index (κ2) is 6.72. The molecule has 136 valence electrons. The summed E-state index contributed by atoms with van der Waals surface area (Å²) in [5, 5.41) is 2.73. The van der Waals surface area contributed by atoms with Crippen LogP contribution in [0.2, 0.25) is 0 Å². The number of fused-ring (bicyclic) bond motifs is 2. The van der Waals surface area contributed by atoms with E-state index in [1.54, 1.807) is 18.2 Å². The highest BCUT2D eigenvalue weighted by molar-refractivity contribution is 8.01. The molecular weight excluding hydrogens is 368 g/mol. The van der Waals surface area contributed by atoms with Crippen LogP contribution in [-0.2, 0) is 27.8 Å². The third-order valence-corrected chi connectivity index (χ3v) is 8.16. The Balaban J connectivity index is 1.63. The van der Waals surface area contributed by atoms with Crippen molar-refractivity contribution < 1.29 is 13.2 Å². The molecule has 0 saturated heterocycles. The molecule has 2 aromatic rings. The van der Waals surface area contributed by atoms with Gasteiger partial charge in [0.25, 0.3) is 0 Å². The van der Waals surface area contributed by atoms with Gasteiger partial charge in [0, 0.05) is 18.0 Å². The first kappa shape index (κ1) is 17.6. The Labute approximate surface area is 157 Å². The number of thioether (sulfide) groups is 1. The number of nitrogens with one attached hydrogen (secondary N) is 1. The molecular formula is C19H20N2O3S2. The van der Waals surface area contributed by atoms with Crippen molar-refractivity contribution >= 4 is 33.4 Å². The van der Waals surface area contributed by atoms with Gasteiger partial charge in [0.1, 0.15) is 0 Å². The van der Waals surface area contributed by atoms with Crippen molar-refractivity contribution in [1.82, 2.24) is 4.31 Å². The maximum absolute atomic E-state index is 13.1. The van der Waals surface area contributed by atoms with Crippen LogP contribution < -0.4 is 5.32 Å². The van der Waals surface area contributed by atoms with Crippen LogP contribution >= 0.6 is 11.8 Å².